The molecule has 66 valence electrons. The third-order valence-electron chi connectivity index (χ3n) is 1.37. The van der Waals surface area contributed by atoms with Crippen LogP contribution in [0.3, 0.4) is 0 Å². The van der Waals surface area contributed by atoms with Gasteiger partial charge in [0.25, 0.3) is 0 Å². The van der Waals surface area contributed by atoms with Gasteiger partial charge in [0.1, 0.15) is 0 Å². The predicted molar refractivity (Wildman–Crippen MR) is 43.1 cm³/mol. The number of aromatic amines is 1. The molecule has 0 aromatic carbocycles. The Balaban J connectivity index is 3.10. The molecule has 1 aromatic heterocycles. The summed E-state index contributed by atoms with van der Waals surface area (Å²) in [5.41, 5.74) is -0.0631. The van der Waals surface area contributed by atoms with Gasteiger partial charge in [0, 0.05) is 11.8 Å². The van der Waals surface area contributed by atoms with Crippen molar-refractivity contribution in [3.8, 4) is 6.07 Å². The second-order valence-electron chi connectivity index (χ2n) is 2.44. The summed E-state index contributed by atoms with van der Waals surface area (Å²) in [4.78, 5) is 23.5. The molecule has 0 radical (unpaired) electrons. The van der Waals surface area contributed by atoms with Crippen molar-refractivity contribution < 1.29 is 9.90 Å². The molecule has 1 rings (SSSR count). The first kappa shape index (κ1) is 9.00. The van der Waals surface area contributed by atoms with Gasteiger partial charge in [-0.25, -0.2) is 0 Å². The van der Waals surface area contributed by atoms with Gasteiger partial charge in [-0.15, -0.1) is 0 Å². The lowest BCUT2D eigenvalue weighted by molar-refractivity contribution is -0.136. The number of carboxylic acid groups (broad SMARTS) is 1. The molecule has 0 bridgehead atoms. The largest absolute Gasteiger partial charge is 0.481 e. The number of rotatable bonds is 2. The van der Waals surface area contributed by atoms with Gasteiger partial charge in [-0.2, -0.15) is 5.26 Å². The van der Waals surface area contributed by atoms with Gasteiger partial charge in [-0.3, -0.25) is 9.59 Å². The third-order valence-corrected chi connectivity index (χ3v) is 1.37. The van der Waals surface area contributed by atoms with E-state index in [0.717, 1.165) is 6.07 Å². The topological polar surface area (TPSA) is 93.9 Å². The van der Waals surface area contributed by atoms with Crippen molar-refractivity contribution in [2.45, 2.75) is 6.42 Å². The second-order valence-corrected chi connectivity index (χ2v) is 2.44. The minimum Gasteiger partial charge on any atom is -0.481 e. The van der Waals surface area contributed by atoms with E-state index in [1.165, 1.54) is 6.07 Å². The molecule has 0 spiro atoms. The number of nitrogens with one attached hydrogen (secondary N) is 1. The predicted octanol–water partition coefficient (Wildman–Crippen LogP) is -0.126. The Morgan fingerprint density at radius 2 is 2.31 bits per heavy atom. The fraction of sp³-hybridized carbons (Fsp3) is 0.125. The molecule has 5 heteroatoms. The summed E-state index contributed by atoms with van der Waals surface area (Å²) in [6.45, 7) is 0. The summed E-state index contributed by atoms with van der Waals surface area (Å²) in [7, 11) is 0. The minimum absolute atomic E-state index is 0.167. The van der Waals surface area contributed by atoms with E-state index in [1.54, 1.807) is 6.07 Å². The standard InChI is InChI=1S/C8H6N2O3/c9-4-5-1-6(3-8(12)13)10-7(11)2-5/h1-2H,3H2,(H,10,11)(H,12,13). The Hall–Kier alpha value is -2.09. The second kappa shape index (κ2) is 3.54. The van der Waals surface area contributed by atoms with Crippen LogP contribution in [0.2, 0.25) is 0 Å². The molecule has 0 saturated carbocycles. The van der Waals surface area contributed by atoms with Gasteiger partial charge in [0.05, 0.1) is 18.1 Å². The fourth-order valence-corrected chi connectivity index (χ4v) is 0.924. The molecule has 0 amide bonds. The molecular formula is C8H6N2O3. The van der Waals surface area contributed by atoms with E-state index in [9.17, 15) is 9.59 Å². The van der Waals surface area contributed by atoms with Crippen LogP contribution in [-0.2, 0) is 11.2 Å². The molecule has 0 aliphatic rings. The number of hydrogen-bond donors (Lipinski definition) is 2. The lowest BCUT2D eigenvalue weighted by Gasteiger charge is -1.96. The van der Waals surface area contributed by atoms with Gasteiger partial charge >= 0.3 is 5.97 Å². The van der Waals surface area contributed by atoms with E-state index in [2.05, 4.69) is 4.98 Å². The van der Waals surface area contributed by atoms with Gasteiger partial charge < -0.3 is 10.1 Å². The van der Waals surface area contributed by atoms with Crippen molar-refractivity contribution in [1.82, 2.24) is 4.98 Å². The van der Waals surface area contributed by atoms with E-state index in [-0.39, 0.29) is 17.7 Å². The number of nitrogens with zero attached hydrogens (tertiary/aromatic N) is 1. The Labute approximate surface area is 73.3 Å². The summed E-state index contributed by atoms with van der Waals surface area (Å²) in [5, 5.41) is 16.9. The SMILES string of the molecule is N#Cc1cc(CC(=O)O)[nH]c(=O)c1. The Bertz CT molecular complexity index is 428. The van der Waals surface area contributed by atoms with Crippen molar-refractivity contribution in [2.75, 3.05) is 0 Å². The van der Waals surface area contributed by atoms with E-state index in [1.807, 2.05) is 0 Å². The number of carbonyl (C=O) groups is 1. The number of pyridine rings is 1. The van der Waals surface area contributed by atoms with Crippen LogP contribution < -0.4 is 5.56 Å². The molecule has 0 unspecified atom stereocenters. The summed E-state index contributed by atoms with van der Waals surface area (Å²) >= 11 is 0. The van der Waals surface area contributed by atoms with Crippen LogP contribution in [0.25, 0.3) is 0 Å². The molecule has 0 aliphatic heterocycles. The minimum atomic E-state index is -1.05. The third kappa shape index (κ3) is 2.45. The highest BCUT2D eigenvalue weighted by Crippen LogP contribution is 1.97. The van der Waals surface area contributed by atoms with Gasteiger partial charge in [-0.1, -0.05) is 0 Å². The van der Waals surface area contributed by atoms with Crippen LogP contribution in [0.15, 0.2) is 16.9 Å². The Morgan fingerprint density at radius 3 is 2.85 bits per heavy atom. The van der Waals surface area contributed by atoms with Gasteiger partial charge in [-0.05, 0) is 6.07 Å². The van der Waals surface area contributed by atoms with Crippen molar-refractivity contribution in [3.05, 3.63) is 33.7 Å². The Kier molecular flexibility index (Phi) is 2.45. The number of aromatic nitrogens is 1. The number of carboxylic acids is 1. The van der Waals surface area contributed by atoms with Crippen LogP contribution in [0.4, 0.5) is 0 Å². The molecule has 0 saturated heterocycles. The zero-order valence-corrected chi connectivity index (χ0v) is 6.57. The highest BCUT2D eigenvalue weighted by molar-refractivity contribution is 5.69. The van der Waals surface area contributed by atoms with Crippen molar-refractivity contribution in [3.63, 3.8) is 0 Å². The monoisotopic (exact) mass is 178 g/mol. The summed E-state index contributed by atoms with van der Waals surface area (Å²) < 4.78 is 0. The summed E-state index contributed by atoms with van der Waals surface area (Å²) in [6, 6.07) is 4.23. The zero-order valence-electron chi connectivity index (χ0n) is 6.57. The lowest BCUT2D eigenvalue weighted by atomic mass is 10.2. The molecule has 2 N–H and O–H groups in total. The lowest BCUT2D eigenvalue weighted by Crippen LogP contribution is -2.11. The number of aliphatic carboxylic acids is 1. The van der Waals surface area contributed by atoms with Crippen LogP contribution in [-0.4, -0.2) is 16.1 Å². The number of H-pyrrole nitrogens is 1. The quantitative estimate of drug-likeness (QED) is 0.659. The first-order chi connectivity index (χ1) is 6.11. The van der Waals surface area contributed by atoms with Crippen LogP contribution in [0.1, 0.15) is 11.3 Å². The Morgan fingerprint density at radius 1 is 1.62 bits per heavy atom. The highest BCUT2D eigenvalue weighted by Gasteiger charge is 2.02. The first-order valence-electron chi connectivity index (χ1n) is 3.47. The van der Waals surface area contributed by atoms with Gasteiger partial charge in [0.15, 0.2) is 0 Å². The van der Waals surface area contributed by atoms with E-state index < -0.39 is 11.5 Å². The molecule has 1 heterocycles. The average molecular weight is 178 g/mol. The fourth-order valence-electron chi connectivity index (χ4n) is 0.924. The van der Waals surface area contributed by atoms with E-state index in [4.69, 9.17) is 10.4 Å². The summed E-state index contributed by atoms with van der Waals surface area (Å²) in [6.07, 6.45) is -0.287. The van der Waals surface area contributed by atoms with Gasteiger partial charge in [0.2, 0.25) is 5.56 Å². The van der Waals surface area contributed by atoms with Crippen molar-refractivity contribution in [1.29, 1.82) is 5.26 Å². The molecule has 0 fully saturated rings. The highest BCUT2D eigenvalue weighted by atomic mass is 16.4. The van der Waals surface area contributed by atoms with Crippen molar-refractivity contribution in [2.24, 2.45) is 0 Å². The molecule has 5 nitrogen and oxygen atoms in total. The summed E-state index contributed by atoms with van der Waals surface area (Å²) in [5.74, 6) is -1.05. The molecule has 13 heavy (non-hydrogen) atoms. The molecule has 0 aliphatic carbocycles. The molecule has 1 aromatic rings. The first-order valence-corrected chi connectivity index (χ1v) is 3.47. The maximum absolute atomic E-state index is 10.9. The average Bonchev–Trinajstić information content (AvgIpc) is 2.01. The maximum atomic E-state index is 10.9. The van der Waals surface area contributed by atoms with Crippen molar-refractivity contribution >= 4 is 5.97 Å². The number of nitriles is 1. The van der Waals surface area contributed by atoms with Crippen LogP contribution in [0.5, 0.6) is 0 Å². The van der Waals surface area contributed by atoms with E-state index in [0.29, 0.717) is 0 Å². The maximum Gasteiger partial charge on any atom is 0.309 e. The molecule has 0 atom stereocenters. The van der Waals surface area contributed by atoms with Crippen LogP contribution in [0, 0.1) is 11.3 Å². The zero-order chi connectivity index (χ0) is 9.84. The normalized spacial score (nSPS) is 9.15. The number of hydrogen-bond acceptors (Lipinski definition) is 3. The molecular weight excluding hydrogens is 172 g/mol. The smallest absolute Gasteiger partial charge is 0.309 e. The van der Waals surface area contributed by atoms with Crippen LogP contribution >= 0.6 is 0 Å². The van der Waals surface area contributed by atoms with E-state index >= 15 is 0 Å².